The van der Waals surface area contributed by atoms with E-state index >= 15 is 0 Å². The zero-order chi connectivity index (χ0) is 11.9. The molecule has 0 aromatic carbocycles. The normalized spacial score (nSPS) is 13.7. The summed E-state index contributed by atoms with van der Waals surface area (Å²) in [6, 6.07) is 0. The molecule has 0 aromatic heterocycles. The fraction of sp³-hybridized carbons (Fsp3) is 0.857. The van der Waals surface area contributed by atoms with Crippen LogP contribution in [0.5, 0.6) is 0 Å². The number of hydrogen-bond donors (Lipinski definition) is 0. The minimum atomic E-state index is 0.0135. The summed E-state index contributed by atoms with van der Waals surface area (Å²) in [7, 11) is 0. The fourth-order valence-electron chi connectivity index (χ4n) is 1.37. The lowest BCUT2D eigenvalue weighted by Crippen LogP contribution is -2.20. The molecule has 0 N–H and O–H groups in total. The highest BCUT2D eigenvalue weighted by Gasteiger charge is 2.10. The van der Waals surface area contributed by atoms with Crippen LogP contribution in [0.15, 0.2) is 11.6 Å². The lowest BCUT2D eigenvalue weighted by Gasteiger charge is -2.20. The summed E-state index contributed by atoms with van der Waals surface area (Å²) in [5.74, 6) is 0.767. The third kappa shape index (κ3) is 11.6. The largest absolute Gasteiger partial charge is 0.376 e. The molecule has 15 heavy (non-hydrogen) atoms. The van der Waals surface area contributed by atoms with Crippen molar-refractivity contribution in [2.45, 2.75) is 66.4 Å². The molecule has 0 spiro atoms. The second-order valence-electron chi connectivity index (χ2n) is 5.71. The average molecular weight is 212 g/mol. The van der Waals surface area contributed by atoms with Crippen LogP contribution in [-0.2, 0) is 4.74 Å². The van der Waals surface area contributed by atoms with Gasteiger partial charge in [-0.05, 0) is 59.8 Å². The fourth-order valence-corrected chi connectivity index (χ4v) is 1.37. The Morgan fingerprint density at radius 3 is 2.27 bits per heavy atom. The predicted molar refractivity (Wildman–Crippen MR) is 68.2 cm³/mol. The van der Waals surface area contributed by atoms with Gasteiger partial charge in [0.15, 0.2) is 0 Å². The molecule has 0 saturated heterocycles. The first-order chi connectivity index (χ1) is 6.81. The van der Waals surface area contributed by atoms with Crippen molar-refractivity contribution in [1.29, 1.82) is 0 Å². The molecule has 0 amide bonds. The van der Waals surface area contributed by atoms with Crippen LogP contribution in [0.4, 0.5) is 0 Å². The molecule has 1 atom stereocenters. The highest BCUT2D eigenvalue weighted by Crippen LogP contribution is 2.14. The smallest absolute Gasteiger partial charge is 0.0598 e. The Kier molecular flexibility index (Phi) is 6.91. The Morgan fingerprint density at radius 2 is 1.80 bits per heavy atom. The standard InChI is InChI=1S/C14H28O/c1-12(2)8-7-9-13(3)10-11-15-14(4,5)6/h8,13H,7,9-11H2,1-6H3/t13-/m1/s1. The summed E-state index contributed by atoms with van der Waals surface area (Å²) in [6.07, 6.45) is 5.98. The topological polar surface area (TPSA) is 9.23 Å². The Balaban J connectivity index is 3.50. The van der Waals surface area contributed by atoms with E-state index in [1.165, 1.54) is 24.8 Å². The van der Waals surface area contributed by atoms with Gasteiger partial charge in [-0.15, -0.1) is 0 Å². The molecule has 0 fully saturated rings. The van der Waals surface area contributed by atoms with E-state index in [2.05, 4.69) is 47.6 Å². The third-order valence-electron chi connectivity index (χ3n) is 2.36. The minimum Gasteiger partial charge on any atom is -0.376 e. The van der Waals surface area contributed by atoms with Gasteiger partial charge in [-0.3, -0.25) is 0 Å². The van der Waals surface area contributed by atoms with E-state index in [0.717, 1.165) is 12.5 Å². The van der Waals surface area contributed by atoms with Gasteiger partial charge in [0, 0.05) is 6.61 Å². The van der Waals surface area contributed by atoms with Gasteiger partial charge in [-0.2, -0.15) is 0 Å². The van der Waals surface area contributed by atoms with E-state index in [1.54, 1.807) is 0 Å². The van der Waals surface area contributed by atoms with E-state index in [1.807, 2.05) is 0 Å². The highest BCUT2D eigenvalue weighted by molar-refractivity contribution is 4.92. The summed E-state index contributed by atoms with van der Waals surface area (Å²) in [4.78, 5) is 0. The zero-order valence-electron chi connectivity index (χ0n) is 11.4. The van der Waals surface area contributed by atoms with E-state index in [-0.39, 0.29) is 5.60 Å². The van der Waals surface area contributed by atoms with Gasteiger partial charge in [0.05, 0.1) is 5.60 Å². The molecular formula is C14H28O. The second-order valence-corrected chi connectivity index (χ2v) is 5.71. The molecule has 0 rings (SSSR count). The maximum Gasteiger partial charge on any atom is 0.0598 e. The monoisotopic (exact) mass is 212 g/mol. The zero-order valence-corrected chi connectivity index (χ0v) is 11.4. The molecular weight excluding hydrogens is 184 g/mol. The minimum absolute atomic E-state index is 0.0135. The molecule has 1 heteroatoms. The molecule has 0 radical (unpaired) electrons. The molecule has 0 aliphatic carbocycles. The second kappa shape index (κ2) is 7.05. The van der Waals surface area contributed by atoms with Crippen molar-refractivity contribution in [2.24, 2.45) is 5.92 Å². The van der Waals surface area contributed by atoms with Crippen molar-refractivity contribution in [3.63, 3.8) is 0 Å². The Hall–Kier alpha value is -0.300. The number of ether oxygens (including phenoxy) is 1. The van der Waals surface area contributed by atoms with Crippen molar-refractivity contribution in [3.8, 4) is 0 Å². The SMILES string of the molecule is CC(C)=CCC[C@@H](C)CCOC(C)(C)C. The van der Waals surface area contributed by atoms with Crippen molar-refractivity contribution in [3.05, 3.63) is 11.6 Å². The van der Waals surface area contributed by atoms with Crippen LogP contribution in [0.1, 0.15) is 60.8 Å². The van der Waals surface area contributed by atoms with Crippen molar-refractivity contribution < 1.29 is 4.74 Å². The number of allylic oxidation sites excluding steroid dienone is 2. The number of hydrogen-bond acceptors (Lipinski definition) is 1. The van der Waals surface area contributed by atoms with Crippen LogP contribution in [0.3, 0.4) is 0 Å². The van der Waals surface area contributed by atoms with Gasteiger partial charge in [0.25, 0.3) is 0 Å². The molecule has 90 valence electrons. The Morgan fingerprint density at radius 1 is 1.20 bits per heavy atom. The molecule has 0 aliphatic rings. The first kappa shape index (κ1) is 14.7. The Bertz CT molecular complexity index is 182. The van der Waals surface area contributed by atoms with E-state index in [9.17, 15) is 0 Å². The molecule has 0 heterocycles. The van der Waals surface area contributed by atoms with Gasteiger partial charge in [0.2, 0.25) is 0 Å². The predicted octanol–water partition coefficient (Wildman–Crippen LogP) is 4.57. The molecule has 0 aliphatic heterocycles. The maximum absolute atomic E-state index is 5.71. The first-order valence-electron chi connectivity index (χ1n) is 6.08. The van der Waals surface area contributed by atoms with Gasteiger partial charge < -0.3 is 4.74 Å². The molecule has 1 nitrogen and oxygen atoms in total. The summed E-state index contributed by atoms with van der Waals surface area (Å²) in [5.41, 5.74) is 1.44. The van der Waals surface area contributed by atoms with E-state index < -0.39 is 0 Å². The van der Waals surface area contributed by atoms with Crippen molar-refractivity contribution in [2.75, 3.05) is 6.61 Å². The summed E-state index contributed by atoms with van der Waals surface area (Å²) < 4.78 is 5.71. The van der Waals surface area contributed by atoms with E-state index in [4.69, 9.17) is 4.74 Å². The summed E-state index contributed by atoms with van der Waals surface area (Å²) in [5, 5.41) is 0. The molecule has 0 saturated carbocycles. The molecule has 0 unspecified atom stereocenters. The van der Waals surface area contributed by atoms with Crippen molar-refractivity contribution in [1.82, 2.24) is 0 Å². The van der Waals surface area contributed by atoms with Crippen LogP contribution in [0.25, 0.3) is 0 Å². The van der Waals surface area contributed by atoms with Gasteiger partial charge >= 0.3 is 0 Å². The number of rotatable bonds is 6. The van der Waals surface area contributed by atoms with Crippen LogP contribution in [-0.4, -0.2) is 12.2 Å². The summed E-state index contributed by atoms with van der Waals surface area (Å²) in [6.45, 7) is 13.9. The quantitative estimate of drug-likeness (QED) is 0.586. The van der Waals surface area contributed by atoms with Crippen LogP contribution >= 0.6 is 0 Å². The first-order valence-corrected chi connectivity index (χ1v) is 6.08. The van der Waals surface area contributed by atoms with Crippen LogP contribution in [0.2, 0.25) is 0 Å². The van der Waals surface area contributed by atoms with Crippen LogP contribution in [0, 0.1) is 5.92 Å². The lowest BCUT2D eigenvalue weighted by atomic mass is 10.0. The lowest BCUT2D eigenvalue weighted by molar-refractivity contribution is -0.00875. The van der Waals surface area contributed by atoms with Crippen LogP contribution < -0.4 is 0 Å². The molecule has 0 bridgehead atoms. The van der Waals surface area contributed by atoms with Crippen molar-refractivity contribution >= 4 is 0 Å². The van der Waals surface area contributed by atoms with Gasteiger partial charge in [0.1, 0.15) is 0 Å². The van der Waals surface area contributed by atoms with Gasteiger partial charge in [-0.1, -0.05) is 18.6 Å². The maximum atomic E-state index is 5.71. The molecule has 0 aromatic rings. The summed E-state index contributed by atoms with van der Waals surface area (Å²) >= 11 is 0. The average Bonchev–Trinajstić information content (AvgIpc) is 2.00. The van der Waals surface area contributed by atoms with Gasteiger partial charge in [-0.25, -0.2) is 0 Å². The Labute approximate surface area is 95.9 Å². The highest BCUT2D eigenvalue weighted by atomic mass is 16.5. The third-order valence-corrected chi connectivity index (χ3v) is 2.36. The van der Waals surface area contributed by atoms with E-state index in [0.29, 0.717) is 0 Å².